The highest BCUT2D eigenvalue weighted by atomic mass is 16.5. The summed E-state index contributed by atoms with van der Waals surface area (Å²) in [7, 11) is 0. The third kappa shape index (κ3) is 3.82. The van der Waals surface area contributed by atoms with Gasteiger partial charge in [-0.3, -0.25) is 4.79 Å². The van der Waals surface area contributed by atoms with Crippen molar-refractivity contribution in [2.75, 3.05) is 13.2 Å². The van der Waals surface area contributed by atoms with Gasteiger partial charge in [0.1, 0.15) is 0 Å². The summed E-state index contributed by atoms with van der Waals surface area (Å²) in [5.74, 6) is 0.298. The third-order valence-electron chi connectivity index (χ3n) is 3.31. The number of nitrogens with two attached hydrogens (primary N) is 1. The Kier molecular flexibility index (Phi) is 5.69. The summed E-state index contributed by atoms with van der Waals surface area (Å²) in [6.45, 7) is 2.74. The summed E-state index contributed by atoms with van der Waals surface area (Å²) in [5, 5.41) is 0. The van der Waals surface area contributed by atoms with Gasteiger partial charge in [-0.2, -0.15) is 0 Å². The van der Waals surface area contributed by atoms with Crippen LogP contribution < -0.4 is 5.73 Å². The highest BCUT2D eigenvalue weighted by molar-refractivity contribution is 5.73. The first kappa shape index (κ1) is 12.5. The van der Waals surface area contributed by atoms with Gasteiger partial charge in [0.25, 0.3) is 0 Å². The summed E-state index contributed by atoms with van der Waals surface area (Å²) in [6, 6.07) is 0. The molecule has 1 saturated carbocycles. The van der Waals surface area contributed by atoms with E-state index in [0.29, 0.717) is 19.1 Å². The van der Waals surface area contributed by atoms with E-state index in [1.165, 1.54) is 25.7 Å². The van der Waals surface area contributed by atoms with Crippen molar-refractivity contribution in [1.82, 2.24) is 0 Å². The summed E-state index contributed by atoms with van der Waals surface area (Å²) >= 11 is 0. The summed E-state index contributed by atoms with van der Waals surface area (Å²) in [5.41, 5.74) is 5.68. The molecule has 1 unspecified atom stereocenters. The van der Waals surface area contributed by atoms with Gasteiger partial charge in [-0.15, -0.1) is 0 Å². The van der Waals surface area contributed by atoms with Crippen molar-refractivity contribution in [3.05, 3.63) is 0 Å². The number of hydrogen-bond donors (Lipinski definition) is 1. The lowest BCUT2D eigenvalue weighted by Gasteiger charge is -2.22. The summed E-state index contributed by atoms with van der Waals surface area (Å²) in [6.07, 6.45) is 7.36. The molecule has 0 saturated heterocycles. The molecule has 3 heteroatoms. The van der Waals surface area contributed by atoms with Crippen LogP contribution in [0.2, 0.25) is 0 Å². The molecular formula is C12H23NO2. The first-order valence-electron chi connectivity index (χ1n) is 6.16. The number of esters is 1. The van der Waals surface area contributed by atoms with Crippen LogP contribution in [0.25, 0.3) is 0 Å². The Morgan fingerprint density at radius 3 is 2.40 bits per heavy atom. The highest BCUT2D eigenvalue weighted by Crippen LogP contribution is 2.29. The fraction of sp³-hybridized carbons (Fsp3) is 0.917. The van der Waals surface area contributed by atoms with Crippen molar-refractivity contribution in [2.45, 2.75) is 45.4 Å². The topological polar surface area (TPSA) is 52.3 Å². The molecule has 0 amide bonds. The van der Waals surface area contributed by atoms with Crippen LogP contribution in [0.1, 0.15) is 45.4 Å². The second-order valence-corrected chi connectivity index (χ2v) is 4.35. The Morgan fingerprint density at radius 1 is 1.33 bits per heavy atom. The maximum atomic E-state index is 11.7. The zero-order valence-electron chi connectivity index (χ0n) is 9.71. The first-order chi connectivity index (χ1) is 7.29. The standard InChI is InChI=1S/C12H23NO2/c1-2-15-12(14)11(9-13)10-7-5-3-4-6-8-10/h10-11H,2-9,13H2,1H3. The van der Waals surface area contributed by atoms with Crippen LogP contribution >= 0.6 is 0 Å². The van der Waals surface area contributed by atoms with E-state index >= 15 is 0 Å². The summed E-state index contributed by atoms with van der Waals surface area (Å²) < 4.78 is 5.07. The molecule has 1 fully saturated rings. The van der Waals surface area contributed by atoms with Gasteiger partial charge in [0.15, 0.2) is 0 Å². The molecule has 0 spiro atoms. The molecule has 88 valence electrons. The zero-order valence-corrected chi connectivity index (χ0v) is 9.71. The number of ether oxygens (including phenoxy) is 1. The van der Waals surface area contributed by atoms with Crippen LogP contribution in [-0.2, 0) is 9.53 Å². The van der Waals surface area contributed by atoms with E-state index in [1.54, 1.807) is 0 Å². The molecule has 0 bridgehead atoms. The SMILES string of the molecule is CCOC(=O)C(CN)C1CCCCCC1. The lowest BCUT2D eigenvalue weighted by molar-refractivity contribution is -0.149. The lowest BCUT2D eigenvalue weighted by Crippen LogP contribution is -2.32. The number of carbonyl (C=O) groups excluding carboxylic acids is 1. The van der Waals surface area contributed by atoms with Crippen molar-refractivity contribution < 1.29 is 9.53 Å². The van der Waals surface area contributed by atoms with Crippen LogP contribution in [0.3, 0.4) is 0 Å². The number of rotatable bonds is 4. The first-order valence-corrected chi connectivity index (χ1v) is 6.16. The van der Waals surface area contributed by atoms with Crippen LogP contribution in [0.15, 0.2) is 0 Å². The molecule has 1 aliphatic carbocycles. The van der Waals surface area contributed by atoms with Crippen molar-refractivity contribution in [3.63, 3.8) is 0 Å². The van der Waals surface area contributed by atoms with Crippen LogP contribution in [0.5, 0.6) is 0 Å². The minimum absolute atomic E-state index is 0.0666. The van der Waals surface area contributed by atoms with E-state index in [9.17, 15) is 4.79 Å². The largest absolute Gasteiger partial charge is 0.466 e. The van der Waals surface area contributed by atoms with E-state index in [-0.39, 0.29) is 11.9 Å². The average Bonchev–Trinajstić information content (AvgIpc) is 2.48. The minimum Gasteiger partial charge on any atom is -0.466 e. The second-order valence-electron chi connectivity index (χ2n) is 4.35. The Bertz CT molecular complexity index is 186. The molecule has 3 nitrogen and oxygen atoms in total. The maximum Gasteiger partial charge on any atom is 0.310 e. The Balaban J connectivity index is 2.51. The predicted molar refractivity (Wildman–Crippen MR) is 60.4 cm³/mol. The van der Waals surface area contributed by atoms with Crippen molar-refractivity contribution >= 4 is 5.97 Å². The molecule has 1 atom stereocenters. The van der Waals surface area contributed by atoms with Gasteiger partial charge in [0, 0.05) is 6.54 Å². The van der Waals surface area contributed by atoms with E-state index in [1.807, 2.05) is 6.92 Å². The van der Waals surface area contributed by atoms with Gasteiger partial charge in [-0.25, -0.2) is 0 Å². The van der Waals surface area contributed by atoms with Gasteiger partial charge in [-0.05, 0) is 25.7 Å². The molecule has 0 heterocycles. The van der Waals surface area contributed by atoms with Gasteiger partial charge in [0.05, 0.1) is 12.5 Å². The van der Waals surface area contributed by atoms with Gasteiger partial charge in [-0.1, -0.05) is 25.7 Å². The fourth-order valence-electron chi connectivity index (χ4n) is 2.44. The predicted octanol–water partition coefficient (Wildman–Crippen LogP) is 2.09. The highest BCUT2D eigenvalue weighted by Gasteiger charge is 2.28. The monoisotopic (exact) mass is 213 g/mol. The van der Waals surface area contributed by atoms with Gasteiger partial charge < -0.3 is 10.5 Å². The van der Waals surface area contributed by atoms with E-state index in [0.717, 1.165) is 12.8 Å². The Labute approximate surface area is 92.4 Å². The fourth-order valence-corrected chi connectivity index (χ4v) is 2.44. The molecule has 0 aliphatic heterocycles. The van der Waals surface area contributed by atoms with Crippen molar-refractivity contribution in [2.24, 2.45) is 17.6 Å². The number of hydrogen-bond acceptors (Lipinski definition) is 3. The molecular weight excluding hydrogens is 190 g/mol. The average molecular weight is 213 g/mol. The van der Waals surface area contributed by atoms with Gasteiger partial charge >= 0.3 is 5.97 Å². The molecule has 0 aromatic rings. The Hall–Kier alpha value is -0.570. The van der Waals surface area contributed by atoms with E-state index in [2.05, 4.69) is 0 Å². The van der Waals surface area contributed by atoms with Crippen molar-refractivity contribution in [3.8, 4) is 0 Å². The van der Waals surface area contributed by atoms with Crippen LogP contribution in [0.4, 0.5) is 0 Å². The molecule has 2 N–H and O–H groups in total. The smallest absolute Gasteiger partial charge is 0.310 e. The normalized spacial score (nSPS) is 20.7. The molecule has 15 heavy (non-hydrogen) atoms. The van der Waals surface area contributed by atoms with E-state index < -0.39 is 0 Å². The molecule has 1 rings (SSSR count). The van der Waals surface area contributed by atoms with Crippen molar-refractivity contribution in [1.29, 1.82) is 0 Å². The maximum absolute atomic E-state index is 11.7. The lowest BCUT2D eigenvalue weighted by atomic mass is 9.86. The summed E-state index contributed by atoms with van der Waals surface area (Å²) in [4.78, 5) is 11.7. The molecule has 0 aromatic heterocycles. The minimum atomic E-state index is -0.0908. The van der Waals surface area contributed by atoms with E-state index in [4.69, 9.17) is 10.5 Å². The van der Waals surface area contributed by atoms with Crippen LogP contribution in [0, 0.1) is 11.8 Å². The van der Waals surface area contributed by atoms with Crippen LogP contribution in [-0.4, -0.2) is 19.1 Å². The molecule has 1 aliphatic rings. The quantitative estimate of drug-likeness (QED) is 0.574. The second kappa shape index (κ2) is 6.83. The Morgan fingerprint density at radius 2 is 1.93 bits per heavy atom. The molecule has 0 aromatic carbocycles. The van der Waals surface area contributed by atoms with Gasteiger partial charge in [0.2, 0.25) is 0 Å². The molecule has 0 radical (unpaired) electrons. The zero-order chi connectivity index (χ0) is 11.1. The third-order valence-corrected chi connectivity index (χ3v) is 3.31. The number of carbonyl (C=O) groups is 1.